The minimum Gasteiger partial charge on any atom is -0.382 e. The number of piperidine rings is 1. The first-order chi connectivity index (χ1) is 11.2. The molecule has 0 spiro atoms. The zero-order valence-corrected chi connectivity index (χ0v) is 17.3. The monoisotopic (exact) mass is 456 g/mol. The maximum atomic E-state index is 11.1. The van der Waals surface area contributed by atoms with Crippen LogP contribution in [0.5, 0.6) is 0 Å². The SMILES string of the molecule is CN=C(NCCCCOCCOC)N1CCCC(CC(N)=O)C1.I. The molecule has 1 fully saturated rings. The molecule has 1 aliphatic heterocycles. The number of ether oxygens (including phenoxy) is 2. The molecule has 8 heteroatoms. The fourth-order valence-corrected chi connectivity index (χ4v) is 2.81. The van der Waals surface area contributed by atoms with Crippen LogP contribution in [0.4, 0.5) is 0 Å². The summed E-state index contributed by atoms with van der Waals surface area (Å²) in [5.74, 6) is 1.04. The van der Waals surface area contributed by atoms with Crippen molar-refractivity contribution in [2.24, 2.45) is 16.6 Å². The molecule has 7 nitrogen and oxygen atoms in total. The number of likely N-dealkylation sites (tertiary alicyclic amines) is 1. The first-order valence-electron chi connectivity index (χ1n) is 8.48. The summed E-state index contributed by atoms with van der Waals surface area (Å²) < 4.78 is 10.4. The Morgan fingerprint density at radius 3 is 2.79 bits per heavy atom. The molecule has 0 aliphatic carbocycles. The molecule has 0 aromatic carbocycles. The molecule has 0 radical (unpaired) electrons. The second-order valence-electron chi connectivity index (χ2n) is 5.91. The van der Waals surface area contributed by atoms with Gasteiger partial charge in [0.2, 0.25) is 5.91 Å². The standard InChI is InChI=1S/C16H32N4O3.HI/c1-18-16(19-7-3-4-9-23-11-10-22-2)20-8-5-6-14(13-20)12-15(17)21;/h14H,3-13H2,1-2H3,(H2,17,21)(H,18,19);1H. The van der Waals surface area contributed by atoms with E-state index in [-0.39, 0.29) is 29.9 Å². The average Bonchev–Trinajstić information content (AvgIpc) is 2.53. The van der Waals surface area contributed by atoms with Crippen LogP contribution < -0.4 is 11.1 Å². The zero-order chi connectivity index (χ0) is 16.9. The van der Waals surface area contributed by atoms with Crippen LogP contribution in [0.15, 0.2) is 4.99 Å². The Balaban J connectivity index is 0.00000529. The van der Waals surface area contributed by atoms with Gasteiger partial charge >= 0.3 is 0 Å². The largest absolute Gasteiger partial charge is 0.382 e. The molecule has 0 aromatic rings. The van der Waals surface area contributed by atoms with Gasteiger partial charge in [-0.25, -0.2) is 0 Å². The van der Waals surface area contributed by atoms with E-state index in [2.05, 4.69) is 15.2 Å². The minimum absolute atomic E-state index is 0. The Morgan fingerprint density at radius 2 is 2.12 bits per heavy atom. The first kappa shape index (κ1) is 23.4. The molecule has 0 bridgehead atoms. The van der Waals surface area contributed by atoms with Crippen molar-refractivity contribution in [3.8, 4) is 0 Å². The van der Waals surface area contributed by atoms with Gasteiger partial charge in [-0.2, -0.15) is 0 Å². The van der Waals surface area contributed by atoms with Crippen molar-refractivity contribution in [3.05, 3.63) is 0 Å². The highest BCUT2D eigenvalue weighted by Gasteiger charge is 2.23. The second-order valence-corrected chi connectivity index (χ2v) is 5.91. The summed E-state index contributed by atoms with van der Waals surface area (Å²) in [6.07, 6.45) is 4.65. The number of primary amides is 1. The molecule has 1 atom stereocenters. The van der Waals surface area contributed by atoms with Crippen molar-refractivity contribution in [3.63, 3.8) is 0 Å². The summed E-state index contributed by atoms with van der Waals surface area (Å²) in [5, 5.41) is 3.39. The van der Waals surface area contributed by atoms with Crippen LogP contribution >= 0.6 is 24.0 Å². The summed E-state index contributed by atoms with van der Waals surface area (Å²) in [7, 11) is 3.47. The maximum absolute atomic E-state index is 11.1. The number of carbonyl (C=O) groups is 1. The van der Waals surface area contributed by atoms with Gasteiger partial charge in [0.1, 0.15) is 0 Å². The summed E-state index contributed by atoms with van der Waals surface area (Å²) in [6, 6.07) is 0. The molecular formula is C16H33IN4O3. The normalized spacial score (nSPS) is 18.2. The third-order valence-electron chi connectivity index (χ3n) is 3.95. The Morgan fingerprint density at radius 1 is 1.33 bits per heavy atom. The lowest BCUT2D eigenvalue weighted by Gasteiger charge is -2.34. The summed E-state index contributed by atoms with van der Waals surface area (Å²) in [5.41, 5.74) is 5.31. The molecule has 1 saturated heterocycles. The van der Waals surface area contributed by atoms with Gasteiger partial charge in [0.05, 0.1) is 13.2 Å². The van der Waals surface area contributed by atoms with Crippen molar-refractivity contribution in [2.45, 2.75) is 32.1 Å². The highest BCUT2D eigenvalue weighted by molar-refractivity contribution is 14.0. The number of halogens is 1. The topological polar surface area (TPSA) is 89.2 Å². The van der Waals surface area contributed by atoms with Crippen LogP contribution in [-0.4, -0.2) is 70.4 Å². The number of guanidine groups is 1. The van der Waals surface area contributed by atoms with Crippen LogP contribution in [0.25, 0.3) is 0 Å². The number of unbranched alkanes of at least 4 members (excludes halogenated alkanes) is 1. The highest BCUT2D eigenvalue weighted by atomic mass is 127. The lowest BCUT2D eigenvalue weighted by Crippen LogP contribution is -2.47. The fraction of sp³-hybridized carbons (Fsp3) is 0.875. The summed E-state index contributed by atoms with van der Waals surface area (Å²) in [4.78, 5) is 17.7. The van der Waals surface area contributed by atoms with Gasteiger partial charge in [0, 0.05) is 46.8 Å². The van der Waals surface area contributed by atoms with Crippen molar-refractivity contribution in [1.29, 1.82) is 0 Å². The molecule has 24 heavy (non-hydrogen) atoms. The van der Waals surface area contributed by atoms with Crippen molar-refractivity contribution in [2.75, 3.05) is 53.6 Å². The Bertz CT molecular complexity index is 369. The number of carbonyl (C=O) groups excluding carboxylic acids is 1. The predicted octanol–water partition coefficient (Wildman–Crippen LogP) is 1.21. The van der Waals surface area contributed by atoms with Crippen LogP contribution in [0, 0.1) is 5.92 Å². The van der Waals surface area contributed by atoms with Gasteiger partial charge in [-0.1, -0.05) is 0 Å². The second kappa shape index (κ2) is 14.7. The number of hydrogen-bond acceptors (Lipinski definition) is 4. The molecule has 0 aromatic heterocycles. The van der Waals surface area contributed by atoms with Gasteiger partial charge in [-0.05, 0) is 31.6 Å². The van der Waals surface area contributed by atoms with Gasteiger partial charge in [0.15, 0.2) is 5.96 Å². The number of nitrogens with two attached hydrogens (primary N) is 1. The van der Waals surface area contributed by atoms with E-state index >= 15 is 0 Å². The van der Waals surface area contributed by atoms with Gasteiger partial charge in [-0.3, -0.25) is 9.79 Å². The van der Waals surface area contributed by atoms with Crippen molar-refractivity contribution in [1.82, 2.24) is 10.2 Å². The zero-order valence-electron chi connectivity index (χ0n) is 15.0. The van der Waals surface area contributed by atoms with E-state index in [4.69, 9.17) is 15.2 Å². The highest BCUT2D eigenvalue weighted by Crippen LogP contribution is 2.19. The van der Waals surface area contributed by atoms with E-state index in [0.29, 0.717) is 25.6 Å². The summed E-state index contributed by atoms with van der Waals surface area (Å²) in [6.45, 7) is 4.76. The molecule has 3 N–H and O–H groups in total. The number of aliphatic imine (C=N–C) groups is 1. The number of methoxy groups -OCH3 is 1. The number of amides is 1. The Labute approximate surface area is 162 Å². The van der Waals surface area contributed by atoms with Crippen LogP contribution in [0.1, 0.15) is 32.1 Å². The van der Waals surface area contributed by atoms with E-state index < -0.39 is 0 Å². The van der Waals surface area contributed by atoms with Gasteiger partial charge in [-0.15, -0.1) is 24.0 Å². The molecule has 1 rings (SSSR count). The van der Waals surface area contributed by atoms with E-state index in [0.717, 1.165) is 57.9 Å². The van der Waals surface area contributed by atoms with Crippen LogP contribution in [0.3, 0.4) is 0 Å². The maximum Gasteiger partial charge on any atom is 0.217 e. The van der Waals surface area contributed by atoms with E-state index in [1.165, 1.54) is 0 Å². The molecule has 1 unspecified atom stereocenters. The van der Waals surface area contributed by atoms with Gasteiger partial charge < -0.3 is 25.4 Å². The van der Waals surface area contributed by atoms with E-state index in [1.54, 1.807) is 14.2 Å². The fourth-order valence-electron chi connectivity index (χ4n) is 2.81. The number of nitrogens with one attached hydrogen (secondary N) is 1. The van der Waals surface area contributed by atoms with Crippen molar-refractivity contribution >= 4 is 35.8 Å². The van der Waals surface area contributed by atoms with Crippen LogP contribution in [0.2, 0.25) is 0 Å². The first-order valence-corrected chi connectivity index (χ1v) is 8.48. The Hall–Kier alpha value is -0.610. The molecule has 1 amide bonds. The number of nitrogens with zero attached hydrogens (tertiary/aromatic N) is 2. The number of hydrogen-bond donors (Lipinski definition) is 2. The smallest absolute Gasteiger partial charge is 0.217 e. The third-order valence-corrected chi connectivity index (χ3v) is 3.95. The lowest BCUT2D eigenvalue weighted by atomic mass is 9.95. The minimum atomic E-state index is -0.215. The quantitative estimate of drug-likeness (QED) is 0.223. The molecule has 1 aliphatic rings. The third kappa shape index (κ3) is 10.3. The van der Waals surface area contributed by atoms with Gasteiger partial charge in [0.25, 0.3) is 0 Å². The van der Waals surface area contributed by atoms with E-state index in [1.807, 2.05) is 0 Å². The average molecular weight is 456 g/mol. The predicted molar refractivity (Wildman–Crippen MR) is 107 cm³/mol. The van der Waals surface area contributed by atoms with Crippen LogP contribution in [-0.2, 0) is 14.3 Å². The van der Waals surface area contributed by atoms with E-state index in [9.17, 15) is 4.79 Å². The molecule has 1 heterocycles. The van der Waals surface area contributed by atoms with Crippen molar-refractivity contribution < 1.29 is 14.3 Å². The lowest BCUT2D eigenvalue weighted by molar-refractivity contribution is -0.119. The Kier molecular flexibility index (Phi) is 14.3. The number of rotatable bonds is 10. The molecule has 0 saturated carbocycles. The summed E-state index contributed by atoms with van der Waals surface area (Å²) >= 11 is 0. The molecular weight excluding hydrogens is 423 g/mol. The molecule has 142 valence electrons.